The summed E-state index contributed by atoms with van der Waals surface area (Å²) < 4.78 is 0. The number of hydrogen-bond acceptors (Lipinski definition) is 3. The van der Waals surface area contributed by atoms with E-state index in [1.165, 1.54) is 0 Å². The molecule has 0 aromatic carbocycles. The van der Waals surface area contributed by atoms with Gasteiger partial charge in [0.05, 0.1) is 0 Å². The van der Waals surface area contributed by atoms with Crippen molar-refractivity contribution in [3.63, 3.8) is 0 Å². The molecule has 0 saturated heterocycles. The second-order valence-electron chi connectivity index (χ2n) is 5.14. The predicted octanol–water partition coefficient (Wildman–Crippen LogP) is 1.37. The largest absolute Gasteiger partial charge is 0.481 e. The van der Waals surface area contributed by atoms with Crippen LogP contribution in [0.4, 0.5) is 0 Å². The molecular weight excluding hydrogens is 232 g/mol. The van der Waals surface area contributed by atoms with Gasteiger partial charge in [0.25, 0.3) is 0 Å². The Morgan fingerprint density at radius 3 is 2.44 bits per heavy atom. The van der Waals surface area contributed by atoms with Crippen molar-refractivity contribution in [1.29, 1.82) is 0 Å². The third-order valence-electron chi connectivity index (χ3n) is 2.75. The number of amides is 1. The minimum absolute atomic E-state index is 0.0152. The van der Waals surface area contributed by atoms with Crippen molar-refractivity contribution in [2.24, 2.45) is 17.6 Å². The van der Waals surface area contributed by atoms with Gasteiger partial charge in [-0.2, -0.15) is 0 Å². The fourth-order valence-corrected chi connectivity index (χ4v) is 1.89. The molecule has 0 bridgehead atoms. The Morgan fingerprint density at radius 2 is 1.94 bits per heavy atom. The summed E-state index contributed by atoms with van der Waals surface area (Å²) in [6, 6.07) is 0. The van der Waals surface area contributed by atoms with E-state index in [9.17, 15) is 9.59 Å². The van der Waals surface area contributed by atoms with Crippen LogP contribution in [0.1, 0.15) is 46.0 Å². The molecule has 106 valence electrons. The fourth-order valence-electron chi connectivity index (χ4n) is 1.89. The Bertz CT molecular complexity index is 255. The van der Waals surface area contributed by atoms with Crippen LogP contribution in [-0.2, 0) is 9.59 Å². The fraction of sp³-hybridized carbons (Fsp3) is 0.846. The van der Waals surface area contributed by atoms with Gasteiger partial charge in [-0.3, -0.25) is 9.59 Å². The first-order valence-electron chi connectivity index (χ1n) is 6.64. The van der Waals surface area contributed by atoms with Crippen molar-refractivity contribution in [2.75, 3.05) is 13.1 Å². The van der Waals surface area contributed by atoms with Gasteiger partial charge in [0.1, 0.15) is 0 Å². The Labute approximate surface area is 109 Å². The lowest BCUT2D eigenvalue weighted by Crippen LogP contribution is -2.29. The lowest BCUT2D eigenvalue weighted by Gasteiger charge is -2.16. The third-order valence-corrected chi connectivity index (χ3v) is 2.75. The topological polar surface area (TPSA) is 92.4 Å². The van der Waals surface area contributed by atoms with E-state index in [2.05, 4.69) is 19.2 Å². The van der Waals surface area contributed by atoms with Crippen molar-refractivity contribution >= 4 is 11.9 Å². The highest BCUT2D eigenvalue weighted by Crippen LogP contribution is 2.13. The van der Waals surface area contributed by atoms with Crippen LogP contribution in [0.15, 0.2) is 0 Å². The van der Waals surface area contributed by atoms with E-state index in [1.54, 1.807) is 0 Å². The van der Waals surface area contributed by atoms with Gasteiger partial charge in [-0.1, -0.05) is 13.8 Å². The summed E-state index contributed by atoms with van der Waals surface area (Å²) in [5, 5.41) is 11.3. The molecule has 0 radical (unpaired) electrons. The number of carboxylic acid groups (broad SMARTS) is 1. The normalized spacial score (nSPS) is 12.4. The first kappa shape index (κ1) is 16.9. The number of carbonyl (C=O) groups excluding carboxylic acids is 1. The maximum Gasteiger partial charge on any atom is 0.303 e. The van der Waals surface area contributed by atoms with E-state index in [0.717, 1.165) is 6.42 Å². The Morgan fingerprint density at radius 1 is 1.28 bits per heavy atom. The van der Waals surface area contributed by atoms with Gasteiger partial charge in [0.15, 0.2) is 0 Å². The smallest absolute Gasteiger partial charge is 0.303 e. The molecule has 1 unspecified atom stereocenters. The maximum atomic E-state index is 11.6. The summed E-state index contributed by atoms with van der Waals surface area (Å²) in [5.74, 6) is 0.00816. The highest BCUT2D eigenvalue weighted by atomic mass is 16.4. The van der Waals surface area contributed by atoms with Gasteiger partial charge in [-0.15, -0.1) is 0 Å². The minimum atomic E-state index is -0.790. The number of nitrogens with one attached hydrogen (secondary N) is 1. The third kappa shape index (κ3) is 10.1. The summed E-state index contributed by atoms with van der Waals surface area (Å²) in [6.45, 7) is 5.31. The first-order valence-corrected chi connectivity index (χ1v) is 6.64. The zero-order valence-electron chi connectivity index (χ0n) is 11.4. The molecule has 0 heterocycles. The highest BCUT2D eigenvalue weighted by Gasteiger charge is 2.13. The van der Waals surface area contributed by atoms with Crippen LogP contribution >= 0.6 is 0 Å². The van der Waals surface area contributed by atoms with Crippen LogP contribution in [0, 0.1) is 11.8 Å². The molecule has 0 fully saturated rings. The second kappa shape index (κ2) is 9.88. The van der Waals surface area contributed by atoms with Crippen molar-refractivity contribution < 1.29 is 14.7 Å². The number of rotatable bonds is 10. The average molecular weight is 258 g/mol. The molecule has 0 saturated carbocycles. The second-order valence-corrected chi connectivity index (χ2v) is 5.14. The van der Waals surface area contributed by atoms with E-state index in [1.807, 2.05) is 0 Å². The van der Waals surface area contributed by atoms with Gasteiger partial charge >= 0.3 is 5.97 Å². The monoisotopic (exact) mass is 258 g/mol. The van der Waals surface area contributed by atoms with Crippen LogP contribution in [0.2, 0.25) is 0 Å². The molecule has 0 rings (SSSR count). The van der Waals surface area contributed by atoms with Gasteiger partial charge < -0.3 is 16.2 Å². The molecule has 5 nitrogen and oxygen atoms in total. The van der Waals surface area contributed by atoms with Crippen LogP contribution in [-0.4, -0.2) is 30.1 Å². The van der Waals surface area contributed by atoms with Crippen molar-refractivity contribution in [3.8, 4) is 0 Å². The maximum absolute atomic E-state index is 11.6. The standard InChI is InChI=1S/C13H26N2O3/c1-10(2)7-11(9-14)8-12(16)15-6-4-3-5-13(17)18/h10-11H,3-9,14H2,1-2H3,(H,15,16)(H,17,18). The van der Waals surface area contributed by atoms with E-state index in [-0.39, 0.29) is 18.2 Å². The molecule has 0 aromatic rings. The molecule has 0 aliphatic carbocycles. The quantitative estimate of drug-likeness (QED) is 0.516. The van der Waals surface area contributed by atoms with Crippen molar-refractivity contribution in [2.45, 2.75) is 46.0 Å². The van der Waals surface area contributed by atoms with E-state index in [0.29, 0.717) is 38.3 Å². The molecule has 18 heavy (non-hydrogen) atoms. The van der Waals surface area contributed by atoms with Gasteiger partial charge in [-0.05, 0) is 37.6 Å². The number of unbranched alkanes of at least 4 members (excludes halogenated alkanes) is 1. The molecule has 0 aromatic heterocycles. The number of aliphatic carboxylic acids is 1. The first-order chi connectivity index (χ1) is 8.45. The molecule has 0 spiro atoms. The molecule has 1 amide bonds. The minimum Gasteiger partial charge on any atom is -0.481 e. The zero-order valence-corrected chi connectivity index (χ0v) is 11.4. The Kier molecular flexibility index (Phi) is 9.28. The van der Waals surface area contributed by atoms with E-state index in [4.69, 9.17) is 10.8 Å². The molecule has 0 aliphatic rings. The molecular formula is C13H26N2O3. The van der Waals surface area contributed by atoms with Gasteiger partial charge in [0.2, 0.25) is 5.91 Å². The molecule has 5 heteroatoms. The van der Waals surface area contributed by atoms with Gasteiger partial charge in [-0.25, -0.2) is 0 Å². The van der Waals surface area contributed by atoms with Crippen LogP contribution in [0.5, 0.6) is 0 Å². The van der Waals surface area contributed by atoms with E-state index >= 15 is 0 Å². The average Bonchev–Trinajstić information content (AvgIpc) is 2.26. The van der Waals surface area contributed by atoms with E-state index < -0.39 is 5.97 Å². The number of nitrogens with two attached hydrogens (primary N) is 1. The number of hydrogen-bond donors (Lipinski definition) is 3. The summed E-state index contributed by atoms with van der Waals surface area (Å²) in [5.41, 5.74) is 5.63. The summed E-state index contributed by atoms with van der Waals surface area (Å²) in [7, 11) is 0. The summed E-state index contributed by atoms with van der Waals surface area (Å²) >= 11 is 0. The Balaban J connectivity index is 3.65. The highest BCUT2D eigenvalue weighted by molar-refractivity contribution is 5.76. The van der Waals surface area contributed by atoms with Gasteiger partial charge in [0, 0.05) is 19.4 Å². The molecule has 1 atom stereocenters. The SMILES string of the molecule is CC(C)CC(CN)CC(=O)NCCCCC(=O)O. The van der Waals surface area contributed by atoms with Crippen molar-refractivity contribution in [3.05, 3.63) is 0 Å². The molecule has 4 N–H and O–H groups in total. The zero-order chi connectivity index (χ0) is 14.0. The number of carbonyl (C=O) groups is 2. The lowest BCUT2D eigenvalue weighted by molar-refractivity contribution is -0.137. The number of carboxylic acids is 1. The molecule has 0 aliphatic heterocycles. The van der Waals surface area contributed by atoms with Crippen LogP contribution < -0.4 is 11.1 Å². The summed E-state index contributed by atoms with van der Waals surface area (Å²) in [6.07, 6.45) is 2.89. The lowest BCUT2D eigenvalue weighted by atomic mass is 9.94. The van der Waals surface area contributed by atoms with Crippen LogP contribution in [0.25, 0.3) is 0 Å². The Hall–Kier alpha value is -1.10. The summed E-state index contributed by atoms with van der Waals surface area (Å²) in [4.78, 5) is 21.9. The predicted molar refractivity (Wildman–Crippen MR) is 71.1 cm³/mol. The van der Waals surface area contributed by atoms with Crippen molar-refractivity contribution in [1.82, 2.24) is 5.32 Å². The van der Waals surface area contributed by atoms with Crippen LogP contribution in [0.3, 0.4) is 0 Å².